The summed E-state index contributed by atoms with van der Waals surface area (Å²) in [6.45, 7) is 7.70. The van der Waals surface area contributed by atoms with Crippen LogP contribution in [0.4, 0.5) is 11.4 Å². The van der Waals surface area contributed by atoms with Crippen LogP contribution in [0.5, 0.6) is 5.75 Å². The molecule has 7 heteroatoms. The van der Waals surface area contributed by atoms with Gasteiger partial charge in [-0.2, -0.15) is 0 Å². The average Bonchev–Trinajstić information content (AvgIpc) is 2.68. The Labute approximate surface area is 160 Å². The highest BCUT2D eigenvalue weighted by molar-refractivity contribution is 7.92. The molecule has 0 saturated carbocycles. The Kier molecular flexibility index (Phi) is 4.67. The second-order valence-corrected chi connectivity index (χ2v) is 9.25. The Morgan fingerprint density at radius 2 is 1.78 bits per heavy atom. The monoisotopic (exact) mass is 388 g/mol. The fourth-order valence-corrected chi connectivity index (χ4v) is 4.08. The molecule has 0 saturated heterocycles. The van der Waals surface area contributed by atoms with Gasteiger partial charge in [-0.3, -0.25) is 9.52 Å². The maximum absolute atomic E-state index is 12.7. The number of fused-ring (bicyclic) bond motifs is 1. The SMILES string of the molecule is Cc1ccc(S(=O)(=O)Nc2ccc3c(c2)N(C)C(=O)C(C)(C)CO3)cc1C. The smallest absolute Gasteiger partial charge is 0.261 e. The maximum atomic E-state index is 12.7. The van der Waals surface area contributed by atoms with E-state index in [0.717, 1.165) is 11.1 Å². The van der Waals surface area contributed by atoms with E-state index >= 15 is 0 Å². The van der Waals surface area contributed by atoms with Gasteiger partial charge in [-0.25, -0.2) is 8.42 Å². The Balaban J connectivity index is 1.95. The molecular weight excluding hydrogens is 364 g/mol. The van der Waals surface area contributed by atoms with Crippen molar-refractivity contribution in [1.29, 1.82) is 0 Å². The normalized spacial score (nSPS) is 16.3. The number of hydrogen-bond acceptors (Lipinski definition) is 4. The minimum Gasteiger partial charge on any atom is -0.490 e. The summed E-state index contributed by atoms with van der Waals surface area (Å²) in [7, 11) is -2.07. The molecule has 0 bridgehead atoms. The van der Waals surface area contributed by atoms with Crippen LogP contribution in [-0.2, 0) is 14.8 Å². The number of anilines is 2. The standard InChI is InChI=1S/C20H24N2O4S/c1-13-6-8-16(10-14(13)2)27(24,25)21-15-7-9-18-17(11-15)22(5)19(23)20(3,4)12-26-18/h6-11,21H,12H2,1-5H3. The van der Waals surface area contributed by atoms with E-state index in [0.29, 0.717) is 17.1 Å². The van der Waals surface area contributed by atoms with Crippen molar-refractivity contribution < 1.29 is 17.9 Å². The van der Waals surface area contributed by atoms with E-state index in [-0.39, 0.29) is 17.4 Å². The summed E-state index contributed by atoms with van der Waals surface area (Å²) in [4.78, 5) is 14.3. The fourth-order valence-electron chi connectivity index (χ4n) is 2.94. The van der Waals surface area contributed by atoms with Crippen LogP contribution in [0.15, 0.2) is 41.3 Å². The number of sulfonamides is 1. The van der Waals surface area contributed by atoms with Crippen molar-refractivity contribution in [3.8, 4) is 5.75 Å². The van der Waals surface area contributed by atoms with Gasteiger partial charge in [0.15, 0.2) is 0 Å². The molecule has 0 aromatic heterocycles. The molecule has 1 amide bonds. The van der Waals surface area contributed by atoms with E-state index in [1.54, 1.807) is 43.4 Å². The van der Waals surface area contributed by atoms with Crippen LogP contribution in [0.25, 0.3) is 0 Å². The third kappa shape index (κ3) is 3.64. The number of rotatable bonds is 3. The van der Waals surface area contributed by atoms with Crippen molar-refractivity contribution in [1.82, 2.24) is 0 Å². The molecule has 3 rings (SSSR count). The highest BCUT2D eigenvalue weighted by atomic mass is 32.2. The Hall–Kier alpha value is -2.54. The van der Waals surface area contributed by atoms with Crippen molar-refractivity contribution in [2.45, 2.75) is 32.6 Å². The van der Waals surface area contributed by atoms with Gasteiger partial charge in [-0.15, -0.1) is 0 Å². The summed E-state index contributed by atoms with van der Waals surface area (Å²) in [6, 6.07) is 9.93. The van der Waals surface area contributed by atoms with Gasteiger partial charge in [-0.05, 0) is 69.2 Å². The van der Waals surface area contributed by atoms with Gasteiger partial charge in [0, 0.05) is 7.05 Å². The molecule has 0 fully saturated rings. The van der Waals surface area contributed by atoms with E-state index in [1.807, 2.05) is 27.7 Å². The lowest BCUT2D eigenvalue weighted by atomic mass is 9.93. The molecular formula is C20H24N2O4S. The molecule has 1 heterocycles. The molecule has 1 aliphatic heterocycles. The number of aryl methyl sites for hydroxylation is 2. The van der Waals surface area contributed by atoms with Crippen molar-refractivity contribution >= 4 is 27.3 Å². The summed E-state index contributed by atoms with van der Waals surface area (Å²) >= 11 is 0. The first kappa shape index (κ1) is 19.2. The maximum Gasteiger partial charge on any atom is 0.261 e. The number of benzene rings is 2. The van der Waals surface area contributed by atoms with Crippen LogP contribution in [0.1, 0.15) is 25.0 Å². The van der Waals surface area contributed by atoms with Crippen molar-refractivity contribution in [3.05, 3.63) is 47.5 Å². The zero-order chi connectivity index (χ0) is 20.0. The summed E-state index contributed by atoms with van der Waals surface area (Å²) in [5.41, 5.74) is 2.17. The van der Waals surface area contributed by atoms with E-state index < -0.39 is 15.4 Å². The molecule has 2 aromatic carbocycles. The fraction of sp³-hybridized carbons (Fsp3) is 0.350. The molecule has 1 N–H and O–H groups in total. The number of hydrogen-bond donors (Lipinski definition) is 1. The van der Waals surface area contributed by atoms with Crippen molar-refractivity contribution in [2.24, 2.45) is 5.41 Å². The number of carbonyl (C=O) groups excluding carboxylic acids is 1. The minimum atomic E-state index is -3.74. The van der Waals surface area contributed by atoms with E-state index in [4.69, 9.17) is 4.74 Å². The van der Waals surface area contributed by atoms with Gasteiger partial charge in [0.25, 0.3) is 10.0 Å². The molecule has 144 valence electrons. The van der Waals surface area contributed by atoms with E-state index in [2.05, 4.69) is 4.72 Å². The molecule has 0 radical (unpaired) electrons. The van der Waals surface area contributed by atoms with Gasteiger partial charge < -0.3 is 9.64 Å². The van der Waals surface area contributed by atoms with E-state index in [9.17, 15) is 13.2 Å². The number of carbonyl (C=O) groups is 1. The van der Waals surface area contributed by atoms with Crippen LogP contribution < -0.4 is 14.4 Å². The lowest BCUT2D eigenvalue weighted by molar-refractivity contribution is -0.127. The summed E-state index contributed by atoms with van der Waals surface area (Å²) < 4.78 is 33.8. The quantitative estimate of drug-likeness (QED) is 0.873. The molecule has 6 nitrogen and oxygen atoms in total. The third-order valence-electron chi connectivity index (χ3n) is 4.83. The highest BCUT2D eigenvalue weighted by Gasteiger charge is 2.36. The lowest BCUT2D eigenvalue weighted by Crippen LogP contribution is -2.39. The highest BCUT2D eigenvalue weighted by Crippen LogP contribution is 2.37. The largest absolute Gasteiger partial charge is 0.490 e. The zero-order valence-corrected chi connectivity index (χ0v) is 17.0. The number of amides is 1. The predicted octanol–water partition coefficient (Wildman–Crippen LogP) is 3.49. The first-order chi connectivity index (χ1) is 12.5. The van der Waals surface area contributed by atoms with E-state index in [1.165, 1.54) is 4.90 Å². The molecule has 1 aliphatic rings. The number of ether oxygens (including phenoxy) is 1. The predicted molar refractivity (Wildman–Crippen MR) is 106 cm³/mol. The molecule has 0 unspecified atom stereocenters. The minimum absolute atomic E-state index is 0.0876. The first-order valence-electron chi connectivity index (χ1n) is 8.66. The number of nitrogens with one attached hydrogen (secondary N) is 1. The van der Waals surface area contributed by atoms with Crippen LogP contribution in [0, 0.1) is 19.3 Å². The number of nitrogens with zero attached hydrogens (tertiary/aromatic N) is 1. The van der Waals surface area contributed by atoms with Crippen LogP contribution in [0.3, 0.4) is 0 Å². The Morgan fingerprint density at radius 3 is 2.44 bits per heavy atom. The average molecular weight is 388 g/mol. The molecule has 27 heavy (non-hydrogen) atoms. The van der Waals surface area contributed by atoms with Gasteiger partial charge in [0.2, 0.25) is 5.91 Å². The second kappa shape index (κ2) is 6.56. The van der Waals surface area contributed by atoms with Crippen LogP contribution in [-0.4, -0.2) is 28.0 Å². The van der Waals surface area contributed by atoms with Crippen LogP contribution >= 0.6 is 0 Å². The van der Waals surface area contributed by atoms with Gasteiger partial charge in [0.05, 0.1) is 21.7 Å². The van der Waals surface area contributed by atoms with Crippen molar-refractivity contribution in [3.63, 3.8) is 0 Å². The Morgan fingerprint density at radius 1 is 1.07 bits per heavy atom. The van der Waals surface area contributed by atoms with Crippen LogP contribution in [0.2, 0.25) is 0 Å². The second-order valence-electron chi connectivity index (χ2n) is 7.57. The third-order valence-corrected chi connectivity index (χ3v) is 6.21. The summed E-state index contributed by atoms with van der Waals surface area (Å²) in [5.74, 6) is 0.459. The van der Waals surface area contributed by atoms with Gasteiger partial charge in [0.1, 0.15) is 12.4 Å². The molecule has 0 aliphatic carbocycles. The lowest BCUT2D eigenvalue weighted by Gasteiger charge is -2.24. The first-order valence-corrected chi connectivity index (χ1v) is 10.1. The summed E-state index contributed by atoms with van der Waals surface area (Å²) in [6.07, 6.45) is 0. The molecule has 0 spiro atoms. The Bertz CT molecular complexity index is 1010. The molecule has 0 atom stereocenters. The molecule has 2 aromatic rings. The van der Waals surface area contributed by atoms with Gasteiger partial charge in [-0.1, -0.05) is 6.07 Å². The summed E-state index contributed by atoms with van der Waals surface area (Å²) in [5, 5.41) is 0. The van der Waals surface area contributed by atoms with Gasteiger partial charge >= 0.3 is 0 Å². The van der Waals surface area contributed by atoms with Crippen molar-refractivity contribution in [2.75, 3.05) is 23.3 Å². The zero-order valence-electron chi connectivity index (χ0n) is 16.2. The topological polar surface area (TPSA) is 75.7 Å².